The van der Waals surface area contributed by atoms with Gasteiger partial charge in [-0.05, 0) is 18.6 Å². The fraction of sp³-hybridized carbons (Fsp3) is 0.300. The molecule has 70 valence electrons. The molecule has 3 heteroatoms. The number of thioether (sulfide) groups is 1. The van der Waals surface area contributed by atoms with Gasteiger partial charge in [0, 0.05) is 4.90 Å². The van der Waals surface area contributed by atoms with Gasteiger partial charge in [0.25, 0.3) is 0 Å². The van der Waals surface area contributed by atoms with Crippen LogP contribution in [0.3, 0.4) is 0 Å². The average molecular weight is 215 g/mol. The SMILES string of the molecule is CCC(Cl)(C=O)Sc1ccccc1. The van der Waals surface area contributed by atoms with Crippen LogP contribution in [-0.4, -0.2) is 10.5 Å². The first-order valence-corrected chi connectivity index (χ1v) is 5.29. The molecule has 0 aliphatic heterocycles. The van der Waals surface area contributed by atoms with Crippen LogP contribution in [0.25, 0.3) is 0 Å². The van der Waals surface area contributed by atoms with Crippen molar-refractivity contribution in [3.05, 3.63) is 30.3 Å². The number of benzene rings is 1. The predicted molar refractivity (Wildman–Crippen MR) is 57.2 cm³/mol. The molecule has 0 spiro atoms. The zero-order chi connectivity index (χ0) is 9.73. The molecule has 0 N–H and O–H groups in total. The van der Waals surface area contributed by atoms with Crippen LogP contribution >= 0.6 is 23.4 Å². The maximum atomic E-state index is 10.7. The zero-order valence-electron chi connectivity index (χ0n) is 7.37. The smallest absolute Gasteiger partial charge is 0.151 e. The first-order valence-electron chi connectivity index (χ1n) is 4.09. The Morgan fingerprint density at radius 3 is 2.54 bits per heavy atom. The topological polar surface area (TPSA) is 17.1 Å². The molecular formula is C10H11ClOS. The second-order valence-electron chi connectivity index (χ2n) is 2.67. The maximum Gasteiger partial charge on any atom is 0.151 e. The molecule has 0 amide bonds. The Balaban J connectivity index is 2.73. The summed E-state index contributed by atoms with van der Waals surface area (Å²) in [5.41, 5.74) is 0. The van der Waals surface area contributed by atoms with Gasteiger partial charge in [-0.15, -0.1) is 0 Å². The van der Waals surface area contributed by atoms with Crippen LogP contribution in [-0.2, 0) is 4.79 Å². The lowest BCUT2D eigenvalue weighted by atomic mass is 10.3. The largest absolute Gasteiger partial charge is 0.300 e. The Morgan fingerprint density at radius 2 is 2.08 bits per heavy atom. The molecule has 0 radical (unpaired) electrons. The monoisotopic (exact) mass is 214 g/mol. The summed E-state index contributed by atoms with van der Waals surface area (Å²) in [6, 6.07) is 9.69. The molecule has 1 atom stereocenters. The fourth-order valence-corrected chi connectivity index (χ4v) is 2.01. The molecule has 0 bridgehead atoms. The quantitative estimate of drug-likeness (QED) is 0.435. The number of halogens is 1. The van der Waals surface area contributed by atoms with Gasteiger partial charge in [-0.1, -0.05) is 48.5 Å². The van der Waals surface area contributed by atoms with Gasteiger partial charge < -0.3 is 4.79 Å². The van der Waals surface area contributed by atoms with Crippen molar-refractivity contribution in [2.75, 3.05) is 0 Å². The van der Waals surface area contributed by atoms with Crippen LogP contribution in [0.2, 0.25) is 0 Å². The van der Waals surface area contributed by atoms with Crippen molar-refractivity contribution < 1.29 is 4.79 Å². The summed E-state index contributed by atoms with van der Waals surface area (Å²) < 4.78 is -0.804. The molecule has 0 aromatic heterocycles. The van der Waals surface area contributed by atoms with E-state index >= 15 is 0 Å². The Bertz CT molecular complexity index is 276. The number of aldehydes is 1. The summed E-state index contributed by atoms with van der Waals surface area (Å²) in [6.45, 7) is 1.90. The molecular weight excluding hydrogens is 204 g/mol. The van der Waals surface area contributed by atoms with Gasteiger partial charge in [0.1, 0.15) is 4.21 Å². The van der Waals surface area contributed by atoms with Crippen molar-refractivity contribution in [2.24, 2.45) is 0 Å². The molecule has 0 saturated heterocycles. The third-order valence-corrected chi connectivity index (χ3v) is 3.51. The molecule has 1 aromatic carbocycles. The first-order chi connectivity index (χ1) is 6.20. The van der Waals surface area contributed by atoms with Gasteiger partial charge in [-0.3, -0.25) is 0 Å². The maximum absolute atomic E-state index is 10.7. The molecule has 13 heavy (non-hydrogen) atoms. The molecule has 0 aliphatic rings. The second kappa shape index (κ2) is 4.68. The summed E-state index contributed by atoms with van der Waals surface area (Å²) in [5.74, 6) is 0. The van der Waals surface area contributed by atoms with Gasteiger partial charge in [-0.25, -0.2) is 0 Å². The summed E-state index contributed by atoms with van der Waals surface area (Å²) >= 11 is 7.43. The standard InChI is InChI=1S/C10H11ClOS/c1-2-10(11,8-12)13-9-6-4-3-5-7-9/h3-8H,2H2,1H3. The average Bonchev–Trinajstić information content (AvgIpc) is 2.19. The van der Waals surface area contributed by atoms with Gasteiger partial charge in [-0.2, -0.15) is 0 Å². The molecule has 0 fully saturated rings. The summed E-state index contributed by atoms with van der Waals surface area (Å²) in [5, 5.41) is 0. The fourth-order valence-electron chi connectivity index (χ4n) is 0.864. The van der Waals surface area contributed by atoms with Crippen LogP contribution in [0.5, 0.6) is 0 Å². The summed E-state index contributed by atoms with van der Waals surface area (Å²) in [7, 11) is 0. The van der Waals surface area contributed by atoms with Crippen LogP contribution < -0.4 is 0 Å². The number of hydrogen-bond donors (Lipinski definition) is 0. The van der Waals surface area contributed by atoms with Crippen molar-refractivity contribution in [1.29, 1.82) is 0 Å². The van der Waals surface area contributed by atoms with Crippen molar-refractivity contribution in [3.8, 4) is 0 Å². The van der Waals surface area contributed by atoms with Crippen molar-refractivity contribution in [2.45, 2.75) is 22.4 Å². The lowest BCUT2D eigenvalue weighted by Gasteiger charge is -2.16. The normalized spacial score (nSPS) is 14.9. The van der Waals surface area contributed by atoms with Crippen molar-refractivity contribution >= 4 is 29.6 Å². The number of carbonyl (C=O) groups is 1. The van der Waals surface area contributed by atoms with E-state index in [9.17, 15) is 4.79 Å². The van der Waals surface area contributed by atoms with Crippen molar-refractivity contribution in [1.82, 2.24) is 0 Å². The first kappa shape index (κ1) is 10.6. The lowest BCUT2D eigenvalue weighted by molar-refractivity contribution is -0.108. The highest BCUT2D eigenvalue weighted by Crippen LogP contribution is 2.37. The van der Waals surface area contributed by atoms with Crippen molar-refractivity contribution in [3.63, 3.8) is 0 Å². The van der Waals surface area contributed by atoms with E-state index in [0.717, 1.165) is 11.2 Å². The van der Waals surface area contributed by atoms with E-state index in [-0.39, 0.29) is 0 Å². The van der Waals surface area contributed by atoms with E-state index in [1.165, 1.54) is 11.8 Å². The molecule has 0 heterocycles. The predicted octanol–water partition coefficient (Wildman–Crippen LogP) is 3.32. The molecule has 1 aromatic rings. The highest BCUT2D eigenvalue weighted by molar-refractivity contribution is 8.02. The van der Waals surface area contributed by atoms with E-state index in [4.69, 9.17) is 11.6 Å². The van der Waals surface area contributed by atoms with E-state index in [1.807, 2.05) is 37.3 Å². The van der Waals surface area contributed by atoms with Gasteiger partial charge in [0.15, 0.2) is 6.29 Å². The van der Waals surface area contributed by atoms with Gasteiger partial charge >= 0.3 is 0 Å². The molecule has 1 rings (SSSR count). The number of hydrogen-bond acceptors (Lipinski definition) is 2. The zero-order valence-corrected chi connectivity index (χ0v) is 8.94. The highest BCUT2D eigenvalue weighted by atomic mass is 35.5. The Kier molecular flexibility index (Phi) is 3.82. The Hall–Kier alpha value is -0.470. The van der Waals surface area contributed by atoms with Gasteiger partial charge in [0.05, 0.1) is 0 Å². The third kappa shape index (κ3) is 3.05. The highest BCUT2D eigenvalue weighted by Gasteiger charge is 2.25. The number of alkyl halides is 1. The molecule has 0 aliphatic carbocycles. The Morgan fingerprint density at radius 1 is 1.46 bits per heavy atom. The molecule has 1 unspecified atom stereocenters. The van der Waals surface area contributed by atoms with E-state index in [2.05, 4.69) is 0 Å². The van der Waals surface area contributed by atoms with Crippen LogP contribution in [0.4, 0.5) is 0 Å². The molecule has 0 saturated carbocycles. The summed E-state index contributed by atoms with van der Waals surface area (Å²) in [4.78, 5) is 11.7. The summed E-state index contributed by atoms with van der Waals surface area (Å²) in [6.07, 6.45) is 1.42. The number of rotatable bonds is 4. The van der Waals surface area contributed by atoms with Crippen LogP contribution in [0.15, 0.2) is 35.2 Å². The second-order valence-corrected chi connectivity index (χ2v) is 4.98. The Labute approximate surface area is 87.5 Å². The number of carbonyl (C=O) groups excluding carboxylic acids is 1. The van der Waals surface area contributed by atoms with E-state index in [0.29, 0.717) is 6.42 Å². The van der Waals surface area contributed by atoms with Gasteiger partial charge in [0.2, 0.25) is 0 Å². The third-order valence-electron chi connectivity index (χ3n) is 1.69. The molecule has 1 nitrogen and oxygen atoms in total. The van der Waals surface area contributed by atoms with Crippen LogP contribution in [0, 0.1) is 0 Å². The van der Waals surface area contributed by atoms with Crippen LogP contribution in [0.1, 0.15) is 13.3 Å². The lowest BCUT2D eigenvalue weighted by Crippen LogP contribution is -2.16. The van der Waals surface area contributed by atoms with E-state index < -0.39 is 4.21 Å². The minimum Gasteiger partial charge on any atom is -0.300 e. The van der Waals surface area contributed by atoms with E-state index in [1.54, 1.807) is 0 Å². The minimum atomic E-state index is -0.804. The minimum absolute atomic E-state index is 0.623.